The summed E-state index contributed by atoms with van der Waals surface area (Å²) in [5, 5.41) is 3.48. The topological polar surface area (TPSA) is 24.5 Å². The van der Waals surface area contributed by atoms with Gasteiger partial charge in [0.2, 0.25) is 0 Å². The quantitative estimate of drug-likeness (QED) is 0.837. The van der Waals surface area contributed by atoms with E-state index in [0.717, 1.165) is 32.2 Å². The van der Waals surface area contributed by atoms with Crippen LogP contribution in [0.2, 0.25) is 0 Å². The molecular weight excluding hydrogens is 268 g/mol. The third kappa shape index (κ3) is 5.52. The van der Waals surface area contributed by atoms with Crippen molar-refractivity contribution in [1.82, 2.24) is 10.2 Å². The van der Waals surface area contributed by atoms with Crippen molar-refractivity contribution in [1.29, 1.82) is 0 Å². The summed E-state index contributed by atoms with van der Waals surface area (Å²) < 4.78 is 5.43. The van der Waals surface area contributed by atoms with Gasteiger partial charge >= 0.3 is 0 Å². The van der Waals surface area contributed by atoms with Crippen molar-refractivity contribution in [3.05, 3.63) is 21.9 Å². The number of nitrogens with one attached hydrogen (secondary N) is 1. The van der Waals surface area contributed by atoms with E-state index in [-0.39, 0.29) is 0 Å². The maximum atomic E-state index is 5.43. The molecule has 0 unspecified atom stereocenters. The second-order valence-electron chi connectivity index (χ2n) is 6.16. The molecule has 20 heavy (non-hydrogen) atoms. The number of hydrogen-bond donors (Lipinski definition) is 1. The number of nitrogens with zero attached hydrogens (tertiary/aromatic N) is 1. The maximum absolute atomic E-state index is 5.43. The molecule has 0 spiro atoms. The molecule has 1 saturated heterocycles. The van der Waals surface area contributed by atoms with Crippen molar-refractivity contribution in [2.24, 2.45) is 5.92 Å². The molecule has 0 amide bonds. The first-order chi connectivity index (χ1) is 9.63. The molecule has 0 saturated carbocycles. The van der Waals surface area contributed by atoms with Crippen molar-refractivity contribution in [2.75, 3.05) is 26.8 Å². The van der Waals surface area contributed by atoms with E-state index in [2.05, 4.69) is 43.2 Å². The zero-order valence-corrected chi connectivity index (χ0v) is 13.8. The average Bonchev–Trinajstić information content (AvgIpc) is 2.85. The van der Waals surface area contributed by atoms with E-state index in [1.54, 1.807) is 0 Å². The lowest BCUT2D eigenvalue weighted by Gasteiger charge is -2.26. The van der Waals surface area contributed by atoms with Gasteiger partial charge in [-0.3, -0.25) is 0 Å². The summed E-state index contributed by atoms with van der Waals surface area (Å²) >= 11 is 1.94. The van der Waals surface area contributed by atoms with Crippen LogP contribution in [0.25, 0.3) is 0 Å². The fourth-order valence-corrected chi connectivity index (χ4v) is 3.66. The highest BCUT2D eigenvalue weighted by Crippen LogP contribution is 2.20. The molecule has 0 atom stereocenters. The van der Waals surface area contributed by atoms with E-state index in [0.29, 0.717) is 6.04 Å². The Kier molecular flexibility index (Phi) is 6.49. The van der Waals surface area contributed by atoms with Gasteiger partial charge in [0, 0.05) is 48.6 Å². The minimum atomic E-state index is 0.553. The number of thiophene rings is 1. The van der Waals surface area contributed by atoms with Gasteiger partial charge < -0.3 is 15.0 Å². The van der Waals surface area contributed by atoms with E-state index >= 15 is 0 Å². The van der Waals surface area contributed by atoms with E-state index in [4.69, 9.17) is 4.74 Å². The molecule has 1 fully saturated rings. The molecule has 0 aliphatic carbocycles. The summed E-state index contributed by atoms with van der Waals surface area (Å²) in [6.45, 7) is 9.54. The largest absolute Gasteiger partial charge is 0.381 e. The first-order valence-corrected chi connectivity index (χ1v) is 8.52. The van der Waals surface area contributed by atoms with Crippen LogP contribution in [0, 0.1) is 5.92 Å². The molecule has 0 aromatic carbocycles. The van der Waals surface area contributed by atoms with E-state index in [9.17, 15) is 0 Å². The molecule has 4 heteroatoms. The van der Waals surface area contributed by atoms with E-state index in [1.807, 2.05) is 11.3 Å². The van der Waals surface area contributed by atoms with Crippen LogP contribution in [0.1, 0.15) is 36.4 Å². The predicted octanol–water partition coefficient (Wildman–Crippen LogP) is 3.10. The molecule has 3 nitrogen and oxygen atoms in total. The van der Waals surface area contributed by atoms with Gasteiger partial charge in [-0.15, -0.1) is 11.3 Å². The fourth-order valence-electron chi connectivity index (χ4n) is 2.61. The summed E-state index contributed by atoms with van der Waals surface area (Å²) in [6, 6.07) is 5.09. The highest BCUT2D eigenvalue weighted by atomic mass is 32.1. The Morgan fingerprint density at radius 3 is 2.70 bits per heavy atom. The highest BCUT2D eigenvalue weighted by molar-refractivity contribution is 7.11. The number of rotatable bonds is 7. The highest BCUT2D eigenvalue weighted by Gasteiger charge is 2.16. The van der Waals surface area contributed by atoms with E-state index < -0.39 is 0 Å². The van der Waals surface area contributed by atoms with Gasteiger partial charge in [-0.1, -0.05) is 13.8 Å². The first-order valence-electron chi connectivity index (χ1n) is 7.70. The Balaban J connectivity index is 1.74. The number of hydrogen-bond acceptors (Lipinski definition) is 4. The van der Waals surface area contributed by atoms with Gasteiger partial charge in [0.25, 0.3) is 0 Å². The smallest absolute Gasteiger partial charge is 0.0469 e. The fraction of sp³-hybridized carbons (Fsp3) is 0.750. The zero-order valence-electron chi connectivity index (χ0n) is 13.0. The molecule has 1 N–H and O–H groups in total. The van der Waals surface area contributed by atoms with Crippen LogP contribution in [0.5, 0.6) is 0 Å². The Labute approximate surface area is 127 Å². The lowest BCUT2D eigenvalue weighted by atomic mass is 10.00. The minimum Gasteiger partial charge on any atom is -0.381 e. The van der Waals surface area contributed by atoms with Gasteiger partial charge in [-0.25, -0.2) is 0 Å². The Morgan fingerprint density at radius 2 is 2.00 bits per heavy atom. The Hall–Kier alpha value is -0.420. The number of ether oxygens (including phenoxy) is 1. The van der Waals surface area contributed by atoms with E-state index in [1.165, 1.54) is 29.1 Å². The van der Waals surface area contributed by atoms with Crippen LogP contribution in [-0.4, -0.2) is 37.7 Å². The molecule has 1 aliphatic rings. The van der Waals surface area contributed by atoms with Gasteiger partial charge in [-0.05, 0) is 37.9 Å². The second-order valence-corrected chi connectivity index (χ2v) is 7.41. The van der Waals surface area contributed by atoms with Gasteiger partial charge in [0.05, 0.1) is 0 Å². The molecule has 0 radical (unpaired) electrons. The monoisotopic (exact) mass is 296 g/mol. The zero-order chi connectivity index (χ0) is 14.4. The van der Waals surface area contributed by atoms with Crippen LogP contribution in [0.3, 0.4) is 0 Å². The Bertz CT molecular complexity index is 386. The van der Waals surface area contributed by atoms with Crippen LogP contribution in [0.4, 0.5) is 0 Å². The van der Waals surface area contributed by atoms with Crippen molar-refractivity contribution in [3.63, 3.8) is 0 Å². The standard InChI is InChI=1S/C16H28N2OS/c1-13(2)17-10-15-4-5-16(20-15)12-18(3)11-14-6-8-19-9-7-14/h4-5,13-14,17H,6-12H2,1-3H3. The van der Waals surface area contributed by atoms with Crippen molar-refractivity contribution >= 4 is 11.3 Å². The molecule has 114 valence electrons. The predicted molar refractivity (Wildman–Crippen MR) is 86.2 cm³/mol. The third-order valence-corrected chi connectivity index (χ3v) is 4.81. The molecular formula is C16H28N2OS. The van der Waals surface area contributed by atoms with Crippen molar-refractivity contribution < 1.29 is 4.74 Å². The van der Waals surface area contributed by atoms with Crippen LogP contribution in [0.15, 0.2) is 12.1 Å². The molecule has 1 aliphatic heterocycles. The minimum absolute atomic E-state index is 0.553. The Morgan fingerprint density at radius 1 is 1.30 bits per heavy atom. The second kappa shape index (κ2) is 8.13. The molecule has 1 aromatic heterocycles. The lowest BCUT2D eigenvalue weighted by Crippen LogP contribution is -2.29. The molecule has 0 bridgehead atoms. The van der Waals surface area contributed by atoms with Gasteiger partial charge in [0.15, 0.2) is 0 Å². The van der Waals surface area contributed by atoms with Crippen LogP contribution in [-0.2, 0) is 17.8 Å². The molecule has 1 aromatic rings. The third-order valence-electron chi connectivity index (χ3n) is 3.74. The maximum Gasteiger partial charge on any atom is 0.0469 e. The lowest BCUT2D eigenvalue weighted by molar-refractivity contribution is 0.0550. The molecule has 2 rings (SSSR count). The van der Waals surface area contributed by atoms with Crippen molar-refractivity contribution in [2.45, 2.75) is 45.8 Å². The normalized spacial score (nSPS) is 17.2. The van der Waals surface area contributed by atoms with Crippen LogP contribution < -0.4 is 5.32 Å². The summed E-state index contributed by atoms with van der Waals surface area (Å²) in [6.07, 6.45) is 2.44. The summed E-state index contributed by atoms with van der Waals surface area (Å²) in [4.78, 5) is 5.37. The molecule has 2 heterocycles. The summed E-state index contributed by atoms with van der Waals surface area (Å²) in [5.41, 5.74) is 0. The SMILES string of the molecule is CC(C)NCc1ccc(CN(C)CC2CCOCC2)s1. The van der Waals surface area contributed by atoms with Gasteiger partial charge in [-0.2, -0.15) is 0 Å². The average molecular weight is 296 g/mol. The van der Waals surface area contributed by atoms with Crippen molar-refractivity contribution in [3.8, 4) is 0 Å². The summed E-state index contributed by atoms with van der Waals surface area (Å²) in [5.74, 6) is 0.816. The van der Waals surface area contributed by atoms with Gasteiger partial charge in [0.1, 0.15) is 0 Å². The summed E-state index contributed by atoms with van der Waals surface area (Å²) in [7, 11) is 2.24. The van der Waals surface area contributed by atoms with Crippen LogP contribution >= 0.6 is 11.3 Å². The first kappa shape index (κ1) is 16.0.